The molecule has 0 atom stereocenters. The van der Waals surface area contributed by atoms with Crippen LogP contribution in [-0.2, 0) is 20.9 Å². The average Bonchev–Trinajstić information content (AvgIpc) is 3.34. The lowest BCUT2D eigenvalue weighted by molar-refractivity contribution is -0.134. The van der Waals surface area contributed by atoms with Gasteiger partial charge in [0, 0.05) is 17.7 Å². The Labute approximate surface area is 227 Å². The van der Waals surface area contributed by atoms with Gasteiger partial charge in [-0.05, 0) is 72.4 Å². The molecule has 194 valence electrons. The van der Waals surface area contributed by atoms with Crippen molar-refractivity contribution in [2.45, 2.75) is 45.6 Å². The molecule has 1 aromatic heterocycles. The first-order valence-corrected chi connectivity index (χ1v) is 14.0. The fourth-order valence-electron chi connectivity index (χ4n) is 5.10. The van der Waals surface area contributed by atoms with E-state index in [1.165, 1.54) is 24.3 Å². The zero-order valence-corrected chi connectivity index (χ0v) is 22.7. The van der Waals surface area contributed by atoms with E-state index in [2.05, 4.69) is 47.4 Å². The highest BCUT2D eigenvalue weighted by Gasteiger charge is 2.27. The number of hydrogen-bond donors (Lipinski definition) is 0. The molecule has 1 aliphatic rings. The molecule has 1 saturated carbocycles. The van der Waals surface area contributed by atoms with Crippen LogP contribution in [0.3, 0.4) is 0 Å². The van der Waals surface area contributed by atoms with Gasteiger partial charge in [-0.1, -0.05) is 61.7 Å². The minimum absolute atomic E-state index is 0.0480. The van der Waals surface area contributed by atoms with Crippen LogP contribution < -0.4 is 4.90 Å². The van der Waals surface area contributed by atoms with Crippen molar-refractivity contribution in [3.05, 3.63) is 88.9 Å². The lowest BCUT2D eigenvalue weighted by Gasteiger charge is -2.30. The van der Waals surface area contributed by atoms with Crippen LogP contribution in [0.1, 0.15) is 48.2 Å². The number of rotatable bonds is 7. The van der Waals surface area contributed by atoms with E-state index in [1.54, 1.807) is 17.4 Å². The van der Waals surface area contributed by atoms with Gasteiger partial charge in [-0.25, -0.2) is 9.78 Å². The number of benzene rings is 3. The summed E-state index contributed by atoms with van der Waals surface area (Å²) in [5.41, 5.74) is 6.09. The zero-order valence-electron chi connectivity index (χ0n) is 21.9. The van der Waals surface area contributed by atoms with Crippen LogP contribution in [0.15, 0.2) is 72.8 Å². The van der Waals surface area contributed by atoms with Gasteiger partial charge >= 0.3 is 5.97 Å². The summed E-state index contributed by atoms with van der Waals surface area (Å²) < 4.78 is 5.91. The second-order valence-electron chi connectivity index (χ2n) is 9.82. The zero-order chi connectivity index (χ0) is 26.5. The maximum Gasteiger partial charge on any atom is 0.330 e. The van der Waals surface area contributed by atoms with Gasteiger partial charge < -0.3 is 9.64 Å². The quantitative estimate of drug-likeness (QED) is 0.185. The first-order chi connectivity index (χ1) is 18.5. The minimum Gasteiger partial charge on any atom is -0.466 e. The molecule has 6 heteroatoms. The number of nitrogens with zero attached hydrogens (tertiary/aromatic N) is 2. The summed E-state index contributed by atoms with van der Waals surface area (Å²) in [5.74, 6) is -0.184. The van der Waals surface area contributed by atoms with Crippen molar-refractivity contribution in [1.29, 1.82) is 0 Å². The van der Waals surface area contributed by atoms with Gasteiger partial charge in [0.25, 0.3) is 0 Å². The van der Waals surface area contributed by atoms with Crippen molar-refractivity contribution >= 4 is 45.2 Å². The number of carbonyl (C=O) groups is 2. The molecule has 0 aliphatic heterocycles. The van der Waals surface area contributed by atoms with Gasteiger partial charge in [0.05, 0.1) is 28.9 Å². The van der Waals surface area contributed by atoms with Gasteiger partial charge in [0.1, 0.15) is 0 Å². The molecule has 1 aliphatic carbocycles. The normalized spacial score (nSPS) is 14.2. The summed E-state index contributed by atoms with van der Waals surface area (Å²) in [6.07, 6.45) is 8.40. The largest absolute Gasteiger partial charge is 0.466 e. The highest BCUT2D eigenvalue weighted by atomic mass is 32.1. The van der Waals surface area contributed by atoms with E-state index >= 15 is 0 Å². The second kappa shape index (κ2) is 11.7. The van der Waals surface area contributed by atoms with E-state index in [0.717, 1.165) is 64.1 Å². The summed E-state index contributed by atoms with van der Waals surface area (Å²) in [6.45, 7) is 2.53. The van der Waals surface area contributed by atoms with Crippen LogP contribution in [0.5, 0.6) is 0 Å². The van der Waals surface area contributed by atoms with Crippen molar-refractivity contribution in [1.82, 2.24) is 4.98 Å². The summed E-state index contributed by atoms with van der Waals surface area (Å²) in [5, 5.41) is 1.07. The molecule has 1 fully saturated rings. The first kappa shape index (κ1) is 25.9. The van der Waals surface area contributed by atoms with E-state index in [9.17, 15) is 9.59 Å². The fourth-order valence-corrected chi connectivity index (χ4v) is 5.97. The van der Waals surface area contributed by atoms with Crippen LogP contribution in [0.4, 0.5) is 5.69 Å². The molecule has 0 saturated heterocycles. The van der Waals surface area contributed by atoms with Crippen LogP contribution in [0.2, 0.25) is 0 Å². The molecule has 5 rings (SSSR count). The number of ether oxygens (including phenoxy) is 1. The third-order valence-corrected chi connectivity index (χ3v) is 8.07. The van der Waals surface area contributed by atoms with Crippen LogP contribution in [0, 0.1) is 12.8 Å². The smallest absolute Gasteiger partial charge is 0.330 e. The Bertz CT molecular complexity index is 1470. The van der Waals surface area contributed by atoms with Crippen LogP contribution in [0.25, 0.3) is 27.4 Å². The monoisotopic (exact) mass is 524 g/mol. The lowest BCUT2D eigenvalue weighted by atomic mass is 9.88. The molecule has 38 heavy (non-hydrogen) atoms. The Kier molecular flexibility index (Phi) is 7.99. The summed E-state index contributed by atoms with van der Waals surface area (Å²) >= 11 is 1.71. The average molecular weight is 525 g/mol. The highest BCUT2D eigenvalue weighted by Crippen LogP contribution is 2.31. The number of esters is 1. The van der Waals surface area contributed by atoms with E-state index in [1.807, 2.05) is 36.1 Å². The third kappa shape index (κ3) is 6.03. The number of anilines is 1. The highest BCUT2D eigenvalue weighted by molar-refractivity contribution is 7.18. The molecule has 1 heterocycles. The van der Waals surface area contributed by atoms with Crippen LogP contribution >= 0.6 is 11.3 Å². The standard InChI is InChI=1S/C32H32N2O3S/c1-22-33-29-17-16-27(20-30(29)38-22)25-14-11-24(12-15-25)21-34(32(36)26-8-4-3-5-9-26)28-10-6-7-23(19-28)13-18-31(35)37-2/h6-7,10-20,26H,3-5,8-9,21H2,1-2H3/b18-13+. The molecule has 0 spiro atoms. The van der Waals surface area contributed by atoms with Crippen LogP contribution in [-0.4, -0.2) is 24.0 Å². The first-order valence-electron chi connectivity index (χ1n) is 13.1. The minimum atomic E-state index is -0.407. The number of amides is 1. The van der Waals surface area contributed by atoms with E-state index in [0.29, 0.717) is 6.54 Å². The van der Waals surface area contributed by atoms with Gasteiger partial charge in [0.2, 0.25) is 5.91 Å². The van der Waals surface area contributed by atoms with Gasteiger partial charge in [-0.2, -0.15) is 0 Å². The lowest BCUT2D eigenvalue weighted by Crippen LogP contribution is -2.36. The van der Waals surface area contributed by atoms with E-state index < -0.39 is 5.97 Å². The molecule has 0 N–H and O–H groups in total. The number of methoxy groups -OCH3 is 1. The number of hydrogen-bond acceptors (Lipinski definition) is 5. The van der Waals surface area contributed by atoms with Gasteiger partial charge in [0.15, 0.2) is 0 Å². The molecule has 3 aromatic carbocycles. The summed E-state index contributed by atoms with van der Waals surface area (Å²) in [7, 11) is 1.36. The molecule has 1 amide bonds. The topological polar surface area (TPSA) is 59.5 Å². The molecule has 0 bridgehead atoms. The predicted molar refractivity (Wildman–Crippen MR) is 155 cm³/mol. The Morgan fingerprint density at radius 3 is 2.53 bits per heavy atom. The molecule has 4 aromatic rings. The van der Waals surface area contributed by atoms with E-state index in [-0.39, 0.29) is 11.8 Å². The maximum atomic E-state index is 13.8. The van der Waals surface area contributed by atoms with Gasteiger partial charge in [-0.3, -0.25) is 4.79 Å². The predicted octanol–water partition coefficient (Wildman–Crippen LogP) is 7.57. The van der Waals surface area contributed by atoms with Crippen molar-refractivity contribution in [2.24, 2.45) is 5.92 Å². The number of aryl methyl sites for hydroxylation is 1. The third-order valence-electron chi connectivity index (χ3n) is 7.14. The molecular formula is C32H32N2O3S. The molecule has 0 radical (unpaired) electrons. The molecule has 0 unspecified atom stereocenters. The fraction of sp³-hybridized carbons (Fsp3) is 0.281. The number of thiazole rings is 1. The summed E-state index contributed by atoms with van der Waals surface area (Å²) in [6, 6.07) is 22.6. The molecular weight excluding hydrogens is 492 g/mol. The van der Waals surface area contributed by atoms with Gasteiger partial charge in [-0.15, -0.1) is 11.3 Å². The Hall–Kier alpha value is -3.77. The summed E-state index contributed by atoms with van der Waals surface area (Å²) in [4.78, 5) is 31.8. The Morgan fingerprint density at radius 2 is 1.76 bits per heavy atom. The van der Waals surface area contributed by atoms with Crippen molar-refractivity contribution < 1.29 is 14.3 Å². The number of aromatic nitrogens is 1. The van der Waals surface area contributed by atoms with Crippen molar-refractivity contribution in [3.63, 3.8) is 0 Å². The SMILES string of the molecule is COC(=O)/C=C/c1cccc(N(Cc2ccc(-c3ccc4nc(C)sc4c3)cc2)C(=O)C2CCCCC2)c1. The number of carbonyl (C=O) groups excluding carboxylic acids is 2. The second-order valence-corrected chi connectivity index (χ2v) is 11.1. The number of fused-ring (bicyclic) bond motifs is 1. The van der Waals surface area contributed by atoms with Crippen molar-refractivity contribution in [3.8, 4) is 11.1 Å². The van der Waals surface area contributed by atoms with Crippen molar-refractivity contribution in [2.75, 3.05) is 12.0 Å². The molecule has 5 nitrogen and oxygen atoms in total. The Balaban J connectivity index is 1.41. The van der Waals surface area contributed by atoms with E-state index in [4.69, 9.17) is 4.74 Å². The maximum absolute atomic E-state index is 13.8. The Morgan fingerprint density at radius 1 is 1.00 bits per heavy atom.